The summed E-state index contributed by atoms with van der Waals surface area (Å²) < 4.78 is 0. The minimum atomic E-state index is 0. The molecule has 1 fully saturated rings. The van der Waals surface area contributed by atoms with Gasteiger partial charge in [-0.3, -0.25) is 0 Å². The Kier molecular flexibility index (Phi) is 3.92. The summed E-state index contributed by atoms with van der Waals surface area (Å²) in [6, 6.07) is 0. The summed E-state index contributed by atoms with van der Waals surface area (Å²) in [7, 11) is 5.37. The van der Waals surface area contributed by atoms with Crippen LogP contribution in [0.25, 0.3) is 0 Å². The summed E-state index contributed by atoms with van der Waals surface area (Å²) >= 11 is 0. The Morgan fingerprint density at radius 1 is 1.14 bits per heavy atom. The second kappa shape index (κ2) is 3.60. The van der Waals surface area contributed by atoms with Crippen LogP contribution < -0.4 is 0 Å². The Bertz CT molecular complexity index is 45.0. The number of hydrogen-bond acceptors (Lipinski definition) is 1. The minimum absolute atomic E-state index is 0. The van der Waals surface area contributed by atoms with Crippen LogP contribution in [0.1, 0.15) is 12.8 Å². The van der Waals surface area contributed by atoms with Crippen molar-refractivity contribution in [2.24, 2.45) is 0 Å². The van der Waals surface area contributed by atoms with E-state index in [0.717, 1.165) is 13.1 Å². The molecule has 0 amide bonds. The molecular formula is C4H8BLiN. The summed E-state index contributed by atoms with van der Waals surface area (Å²) in [6.07, 6.45) is 2.58. The van der Waals surface area contributed by atoms with E-state index in [0.29, 0.717) is 0 Å². The monoisotopic (exact) mass is 88.1 g/mol. The molecule has 1 nitrogen and oxygen atoms in total. The van der Waals surface area contributed by atoms with Crippen LogP contribution >= 0.6 is 0 Å². The molecule has 3 heteroatoms. The molecule has 0 aromatic rings. The molecule has 1 aliphatic rings. The zero-order chi connectivity index (χ0) is 4.41. The molecule has 0 aromatic carbocycles. The average Bonchev–Trinajstić information content (AvgIpc) is 1.86. The van der Waals surface area contributed by atoms with Gasteiger partial charge in [0.2, 0.25) is 0 Å². The van der Waals surface area contributed by atoms with Gasteiger partial charge in [-0.1, -0.05) is 0 Å². The van der Waals surface area contributed by atoms with Crippen LogP contribution in [-0.4, -0.2) is 44.7 Å². The Morgan fingerprint density at radius 2 is 1.57 bits per heavy atom. The summed E-state index contributed by atoms with van der Waals surface area (Å²) in [6.45, 7) is 2.19. The molecule has 0 unspecified atom stereocenters. The molecule has 0 aliphatic carbocycles. The van der Waals surface area contributed by atoms with Crippen LogP contribution in [-0.2, 0) is 0 Å². The van der Waals surface area contributed by atoms with Gasteiger partial charge in [-0.05, 0) is 25.9 Å². The van der Waals surface area contributed by atoms with Crippen LogP contribution in [0, 0.1) is 0 Å². The topological polar surface area (TPSA) is 3.24 Å². The van der Waals surface area contributed by atoms with Crippen molar-refractivity contribution >= 4 is 26.8 Å². The fourth-order valence-corrected chi connectivity index (χ4v) is 0.742. The Morgan fingerprint density at radius 3 is 1.71 bits per heavy atom. The van der Waals surface area contributed by atoms with Crippen molar-refractivity contribution in [1.82, 2.24) is 4.81 Å². The van der Waals surface area contributed by atoms with E-state index in [2.05, 4.69) is 0 Å². The summed E-state index contributed by atoms with van der Waals surface area (Å²) in [4.78, 5) is 1.86. The SMILES string of the molecule is [B]N1CCCC1.[Li]. The van der Waals surface area contributed by atoms with Gasteiger partial charge in [0.25, 0.3) is 0 Å². The fourth-order valence-electron chi connectivity index (χ4n) is 0.742. The normalized spacial score (nSPS) is 21.7. The number of rotatable bonds is 0. The third-order valence-electron chi connectivity index (χ3n) is 1.14. The summed E-state index contributed by atoms with van der Waals surface area (Å²) in [5, 5.41) is 0. The molecule has 1 rings (SSSR count). The van der Waals surface area contributed by atoms with Crippen molar-refractivity contribution in [1.29, 1.82) is 0 Å². The summed E-state index contributed by atoms with van der Waals surface area (Å²) in [5.74, 6) is 0. The van der Waals surface area contributed by atoms with E-state index in [4.69, 9.17) is 7.98 Å². The fraction of sp³-hybridized carbons (Fsp3) is 1.00. The molecule has 0 bridgehead atoms. The maximum Gasteiger partial charge on any atom is 0.182 e. The maximum atomic E-state index is 5.37. The summed E-state index contributed by atoms with van der Waals surface area (Å²) in [5.41, 5.74) is 0. The molecule has 3 radical (unpaired) electrons. The van der Waals surface area contributed by atoms with Gasteiger partial charge in [0.05, 0.1) is 0 Å². The molecule has 0 aromatic heterocycles. The molecule has 33 valence electrons. The van der Waals surface area contributed by atoms with Gasteiger partial charge < -0.3 is 4.81 Å². The number of hydrogen-bond donors (Lipinski definition) is 0. The van der Waals surface area contributed by atoms with Crippen LogP contribution in [0.3, 0.4) is 0 Å². The molecule has 1 aliphatic heterocycles. The van der Waals surface area contributed by atoms with Gasteiger partial charge in [0.15, 0.2) is 7.98 Å². The maximum absolute atomic E-state index is 5.37. The third-order valence-corrected chi connectivity index (χ3v) is 1.14. The first kappa shape index (κ1) is 7.62. The zero-order valence-corrected chi connectivity index (χ0v) is 4.85. The van der Waals surface area contributed by atoms with Crippen LogP contribution in [0.4, 0.5) is 0 Å². The van der Waals surface area contributed by atoms with Crippen molar-refractivity contribution in [2.45, 2.75) is 12.8 Å². The van der Waals surface area contributed by atoms with E-state index in [9.17, 15) is 0 Å². The molecule has 1 saturated heterocycles. The molecular weight excluding hydrogens is 79.8 g/mol. The Labute approximate surface area is 58.1 Å². The predicted octanol–water partition coefficient (Wildman–Crippen LogP) is -0.215. The predicted molar refractivity (Wildman–Crippen MR) is 32.3 cm³/mol. The molecule has 0 N–H and O–H groups in total. The van der Waals surface area contributed by atoms with Gasteiger partial charge >= 0.3 is 0 Å². The largest absolute Gasteiger partial charge is 0.353 e. The van der Waals surface area contributed by atoms with E-state index in [1.54, 1.807) is 0 Å². The smallest absolute Gasteiger partial charge is 0.182 e. The molecule has 1 heterocycles. The molecule has 0 atom stereocenters. The van der Waals surface area contributed by atoms with E-state index >= 15 is 0 Å². The van der Waals surface area contributed by atoms with Gasteiger partial charge in [0.1, 0.15) is 0 Å². The van der Waals surface area contributed by atoms with Crippen molar-refractivity contribution in [3.8, 4) is 0 Å². The molecule has 7 heavy (non-hydrogen) atoms. The van der Waals surface area contributed by atoms with Gasteiger partial charge in [-0.15, -0.1) is 0 Å². The van der Waals surface area contributed by atoms with E-state index in [1.807, 2.05) is 4.81 Å². The quantitative estimate of drug-likeness (QED) is 0.370. The Hall–Kier alpha value is 0.622. The van der Waals surface area contributed by atoms with Crippen molar-refractivity contribution in [2.75, 3.05) is 13.1 Å². The van der Waals surface area contributed by atoms with Crippen molar-refractivity contribution in [3.05, 3.63) is 0 Å². The zero-order valence-electron chi connectivity index (χ0n) is 4.85. The first-order valence-electron chi connectivity index (χ1n) is 2.39. The van der Waals surface area contributed by atoms with Crippen molar-refractivity contribution < 1.29 is 0 Å². The molecule has 0 spiro atoms. The van der Waals surface area contributed by atoms with Crippen LogP contribution in [0.15, 0.2) is 0 Å². The molecule has 0 saturated carbocycles. The number of nitrogens with zero attached hydrogens (tertiary/aromatic N) is 1. The van der Waals surface area contributed by atoms with E-state index in [1.165, 1.54) is 12.8 Å². The van der Waals surface area contributed by atoms with Crippen molar-refractivity contribution in [3.63, 3.8) is 0 Å². The second-order valence-electron chi connectivity index (χ2n) is 1.74. The first-order valence-corrected chi connectivity index (χ1v) is 2.39. The second-order valence-corrected chi connectivity index (χ2v) is 1.74. The standard InChI is InChI=1S/C4H8BN.Li/c5-6-3-1-2-4-6;/h1-4H2;. The minimum Gasteiger partial charge on any atom is -0.353 e. The Balaban J connectivity index is 0.000000360. The van der Waals surface area contributed by atoms with Gasteiger partial charge in [0, 0.05) is 18.9 Å². The average molecular weight is 87.9 g/mol. The van der Waals surface area contributed by atoms with Gasteiger partial charge in [-0.2, -0.15) is 0 Å². The first-order chi connectivity index (χ1) is 2.89. The van der Waals surface area contributed by atoms with Crippen LogP contribution in [0.2, 0.25) is 0 Å². The van der Waals surface area contributed by atoms with E-state index in [-0.39, 0.29) is 18.9 Å². The van der Waals surface area contributed by atoms with Gasteiger partial charge in [-0.25, -0.2) is 0 Å². The van der Waals surface area contributed by atoms with Crippen LogP contribution in [0.5, 0.6) is 0 Å². The third kappa shape index (κ3) is 2.44. The van der Waals surface area contributed by atoms with E-state index < -0.39 is 0 Å².